The van der Waals surface area contributed by atoms with Crippen LogP contribution in [0.5, 0.6) is 0 Å². The van der Waals surface area contributed by atoms with E-state index in [1.165, 1.54) is 11.8 Å². The van der Waals surface area contributed by atoms with Crippen molar-refractivity contribution in [3.05, 3.63) is 35.9 Å². The Morgan fingerprint density at radius 2 is 1.90 bits per heavy atom. The number of rotatable bonds is 8. The molecule has 0 spiro atoms. The molecule has 0 atom stereocenters. The molecule has 1 N–H and O–H groups in total. The number of aromatic nitrogens is 2. The van der Waals surface area contributed by atoms with Crippen molar-refractivity contribution in [2.45, 2.75) is 28.6 Å². The second-order valence-electron chi connectivity index (χ2n) is 4.23. The van der Waals surface area contributed by atoms with Gasteiger partial charge in [-0.05, 0) is 12.0 Å². The van der Waals surface area contributed by atoms with Gasteiger partial charge in [-0.25, -0.2) is 0 Å². The van der Waals surface area contributed by atoms with E-state index in [9.17, 15) is 4.79 Å². The molecule has 21 heavy (non-hydrogen) atoms. The van der Waals surface area contributed by atoms with Gasteiger partial charge in [-0.2, -0.15) is 0 Å². The first-order chi connectivity index (χ1) is 10.3. The van der Waals surface area contributed by atoms with Crippen molar-refractivity contribution in [1.29, 1.82) is 0 Å². The third-order valence-corrected chi connectivity index (χ3v) is 5.87. The van der Waals surface area contributed by atoms with Crippen molar-refractivity contribution in [1.82, 2.24) is 15.5 Å². The molecule has 0 saturated carbocycles. The molecule has 4 nitrogen and oxygen atoms in total. The Kier molecular flexibility index (Phi) is 7.05. The normalized spacial score (nSPS) is 10.5. The van der Waals surface area contributed by atoms with Gasteiger partial charge in [0, 0.05) is 12.3 Å². The molecule has 2 rings (SSSR count). The highest BCUT2D eigenvalue weighted by molar-refractivity contribution is 8.03. The van der Waals surface area contributed by atoms with Gasteiger partial charge in [0.2, 0.25) is 5.91 Å². The second-order valence-corrected chi connectivity index (χ2v) is 7.78. The highest BCUT2D eigenvalue weighted by Gasteiger charge is 2.08. The number of carbonyl (C=O) groups excluding carboxylic acids is 1. The summed E-state index contributed by atoms with van der Waals surface area (Å²) in [6.45, 7) is 2.70. The van der Waals surface area contributed by atoms with Crippen LogP contribution < -0.4 is 5.32 Å². The fraction of sp³-hybridized carbons (Fsp3) is 0.357. The molecule has 7 heteroatoms. The quantitative estimate of drug-likeness (QED) is 0.747. The van der Waals surface area contributed by atoms with E-state index in [1.54, 1.807) is 23.1 Å². The van der Waals surface area contributed by atoms with E-state index in [4.69, 9.17) is 0 Å². The monoisotopic (exact) mass is 339 g/mol. The lowest BCUT2D eigenvalue weighted by atomic mass is 10.2. The molecule has 112 valence electrons. The third-order valence-electron chi connectivity index (χ3n) is 2.48. The van der Waals surface area contributed by atoms with Crippen LogP contribution in [0.4, 0.5) is 0 Å². The number of nitrogens with zero attached hydrogens (tertiary/aromatic N) is 2. The Balaban J connectivity index is 1.70. The molecule has 0 unspecified atom stereocenters. The van der Waals surface area contributed by atoms with Crippen molar-refractivity contribution in [3.8, 4) is 0 Å². The summed E-state index contributed by atoms with van der Waals surface area (Å²) in [5, 5.41) is 11.1. The molecule has 0 aliphatic carbocycles. The van der Waals surface area contributed by atoms with Gasteiger partial charge in [0.15, 0.2) is 8.68 Å². The fourth-order valence-corrected chi connectivity index (χ4v) is 4.25. The average Bonchev–Trinajstić information content (AvgIpc) is 2.98. The lowest BCUT2D eigenvalue weighted by Crippen LogP contribution is -2.24. The number of benzene rings is 1. The molecule has 1 aromatic heterocycles. The first kappa shape index (κ1) is 16.3. The van der Waals surface area contributed by atoms with E-state index >= 15 is 0 Å². The Bertz CT molecular complexity index is 560. The first-order valence-electron chi connectivity index (χ1n) is 6.67. The summed E-state index contributed by atoms with van der Waals surface area (Å²) >= 11 is 4.70. The minimum atomic E-state index is 0.0156. The first-order valence-corrected chi connectivity index (χ1v) is 9.46. The van der Waals surface area contributed by atoms with Gasteiger partial charge in [0.25, 0.3) is 0 Å². The topological polar surface area (TPSA) is 54.9 Å². The van der Waals surface area contributed by atoms with Crippen LogP contribution in [0.3, 0.4) is 0 Å². The van der Waals surface area contributed by atoms with Crippen LogP contribution >= 0.6 is 34.9 Å². The van der Waals surface area contributed by atoms with Gasteiger partial charge in [-0.3, -0.25) is 4.79 Å². The number of nitrogens with one attached hydrogen (secondary N) is 1. The molecule has 0 aliphatic rings. The van der Waals surface area contributed by atoms with Gasteiger partial charge in [0.05, 0.1) is 5.75 Å². The summed E-state index contributed by atoms with van der Waals surface area (Å²) in [5.41, 5.74) is 1.10. The molecule has 1 amide bonds. The SMILES string of the molecule is CCCSc1nnc(SCC(=O)NCc2ccccc2)s1. The summed E-state index contributed by atoms with van der Waals surface area (Å²) < 4.78 is 1.83. The molecular weight excluding hydrogens is 322 g/mol. The van der Waals surface area contributed by atoms with Gasteiger partial charge in [-0.1, -0.05) is 72.1 Å². The number of hydrogen-bond donors (Lipinski definition) is 1. The maximum absolute atomic E-state index is 11.8. The van der Waals surface area contributed by atoms with E-state index in [1.807, 2.05) is 30.3 Å². The van der Waals surface area contributed by atoms with Gasteiger partial charge in [-0.15, -0.1) is 10.2 Å². The van der Waals surface area contributed by atoms with Crippen LogP contribution in [0, 0.1) is 0 Å². The number of amides is 1. The Morgan fingerprint density at radius 3 is 2.62 bits per heavy atom. The maximum Gasteiger partial charge on any atom is 0.230 e. The molecule has 0 aliphatic heterocycles. The summed E-state index contributed by atoms with van der Waals surface area (Å²) in [5.74, 6) is 1.44. The zero-order chi connectivity index (χ0) is 14.9. The number of thioether (sulfide) groups is 2. The molecule has 1 aromatic carbocycles. The second kappa shape index (κ2) is 9.07. The van der Waals surface area contributed by atoms with E-state index in [0.717, 1.165) is 26.4 Å². The molecule has 0 bridgehead atoms. The van der Waals surface area contributed by atoms with Crippen molar-refractivity contribution >= 4 is 40.8 Å². The Morgan fingerprint density at radius 1 is 1.19 bits per heavy atom. The summed E-state index contributed by atoms with van der Waals surface area (Å²) in [7, 11) is 0. The highest BCUT2D eigenvalue weighted by atomic mass is 32.2. The molecule has 2 aromatic rings. The molecule has 1 heterocycles. The lowest BCUT2D eigenvalue weighted by molar-refractivity contribution is -0.118. The fourth-order valence-electron chi connectivity index (χ4n) is 1.48. The third kappa shape index (κ3) is 6.07. The summed E-state index contributed by atoms with van der Waals surface area (Å²) in [6.07, 6.45) is 1.12. The predicted octanol–water partition coefficient (Wildman–Crippen LogP) is 3.45. The Hall–Kier alpha value is -1.05. The van der Waals surface area contributed by atoms with E-state index in [-0.39, 0.29) is 5.91 Å². The van der Waals surface area contributed by atoms with Gasteiger partial charge >= 0.3 is 0 Å². The zero-order valence-corrected chi connectivity index (χ0v) is 14.2. The standard InChI is InChI=1S/C14H17N3OS3/c1-2-8-19-13-16-17-14(21-13)20-10-12(18)15-9-11-6-4-3-5-7-11/h3-7H,2,8-10H2,1H3,(H,15,18). The van der Waals surface area contributed by atoms with E-state index in [0.29, 0.717) is 12.3 Å². The van der Waals surface area contributed by atoms with Crippen molar-refractivity contribution in [3.63, 3.8) is 0 Å². The van der Waals surface area contributed by atoms with Crippen LogP contribution in [0.25, 0.3) is 0 Å². The van der Waals surface area contributed by atoms with Crippen LogP contribution in [-0.2, 0) is 11.3 Å². The molecule has 0 radical (unpaired) electrons. The van der Waals surface area contributed by atoms with E-state index < -0.39 is 0 Å². The largest absolute Gasteiger partial charge is 0.351 e. The van der Waals surface area contributed by atoms with Crippen LogP contribution in [0.15, 0.2) is 39.0 Å². The van der Waals surface area contributed by atoms with Crippen LogP contribution in [0.1, 0.15) is 18.9 Å². The predicted molar refractivity (Wildman–Crippen MR) is 89.9 cm³/mol. The highest BCUT2D eigenvalue weighted by Crippen LogP contribution is 2.28. The van der Waals surface area contributed by atoms with Crippen LogP contribution in [0.2, 0.25) is 0 Å². The van der Waals surface area contributed by atoms with Crippen molar-refractivity contribution in [2.75, 3.05) is 11.5 Å². The minimum absolute atomic E-state index is 0.0156. The zero-order valence-electron chi connectivity index (χ0n) is 11.7. The molecular formula is C14H17N3OS3. The number of hydrogen-bond acceptors (Lipinski definition) is 6. The lowest BCUT2D eigenvalue weighted by Gasteiger charge is -2.03. The summed E-state index contributed by atoms with van der Waals surface area (Å²) in [6, 6.07) is 9.88. The van der Waals surface area contributed by atoms with Gasteiger partial charge < -0.3 is 5.32 Å². The molecule has 0 saturated heterocycles. The van der Waals surface area contributed by atoms with E-state index in [2.05, 4.69) is 22.4 Å². The smallest absolute Gasteiger partial charge is 0.230 e. The van der Waals surface area contributed by atoms with Crippen molar-refractivity contribution in [2.24, 2.45) is 0 Å². The average molecular weight is 340 g/mol. The minimum Gasteiger partial charge on any atom is -0.351 e. The number of carbonyl (C=O) groups is 1. The Labute approximate surface area is 137 Å². The maximum atomic E-state index is 11.8. The van der Waals surface area contributed by atoms with Crippen LogP contribution in [-0.4, -0.2) is 27.6 Å². The molecule has 0 fully saturated rings. The van der Waals surface area contributed by atoms with Gasteiger partial charge in [0.1, 0.15) is 0 Å². The van der Waals surface area contributed by atoms with Crippen molar-refractivity contribution < 1.29 is 4.79 Å². The summed E-state index contributed by atoms with van der Waals surface area (Å²) in [4.78, 5) is 11.8.